The van der Waals surface area contributed by atoms with Gasteiger partial charge in [-0.2, -0.15) is 0 Å². The van der Waals surface area contributed by atoms with Gasteiger partial charge in [0.25, 0.3) is 0 Å². The molecule has 0 saturated heterocycles. The topological polar surface area (TPSA) is 16.4 Å². The molecule has 0 amide bonds. The minimum absolute atomic E-state index is 0.956. The molecule has 0 spiro atoms. The Bertz CT molecular complexity index is 1040. The summed E-state index contributed by atoms with van der Waals surface area (Å²) >= 11 is 0. The van der Waals surface area contributed by atoms with Gasteiger partial charge in [-0.1, -0.05) is 35.9 Å². The Labute approximate surface area is 134 Å². The van der Waals surface area contributed by atoms with Crippen molar-refractivity contribution in [3.63, 3.8) is 0 Å². The van der Waals surface area contributed by atoms with E-state index in [0.29, 0.717) is 0 Å². The third-order valence-corrected chi connectivity index (χ3v) is 4.80. The standard InChI is InChI=1S/C21H17NO/c1-14-6-8-19-15(12-14)10-11-22(19)16-7-9-21-18(13-16)17-4-2-3-5-20(17)23-21/h2-9,12-13H,10-11H2,1H3. The van der Waals surface area contributed by atoms with E-state index in [-0.39, 0.29) is 0 Å². The quantitative estimate of drug-likeness (QED) is 0.455. The Morgan fingerprint density at radius 1 is 0.870 bits per heavy atom. The molecule has 3 aromatic carbocycles. The first-order chi connectivity index (χ1) is 11.3. The summed E-state index contributed by atoms with van der Waals surface area (Å²) < 4.78 is 5.94. The van der Waals surface area contributed by atoms with E-state index in [2.05, 4.69) is 60.4 Å². The van der Waals surface area contributed by atoms with Crippen LogP contribution in [0, 0.1) is 6.92 Å². The van der Waals surface area contributed by atoms with Crippen molar-refractivity contribution in [1.82, 2.24) is 0 Å². The summed E-state index contributed by atoms with van der Waals surface area (Å²) in [5.74, 6) is 0. The molecule has 4 aromatic rings. The van der Waals surface area contributed by atoms with Crippen LogP contribution in [0.15, 0.2) is 65.1 Å². The summed E-state index contributed by atoms with van der Waals surface area (Å²) in [5, 5.41) is 2.38. The molecule has 0 fully saturated rings. The SMILES string of the molecule is Cc1ccc2c(c1)CCN2c1ccc2oc3ccccc3c2c1. The van der Waals surface area contributed by atoms with Gasteiger partial charge in [0.15, 0.2) is 0 Å². The zero-order chi connectivity index (χ0) is 15.4. The zero-order valence-electron chi connectivity index (χ0n) is 13.0. The van der Waals surface area contributed by atoms with E-state index in [1.54, 1.807) is 0 Å². The average molecular weight is 299 g/mol. The maximum Gasteiger partial charge on any atom is 0.135 e. The molecule has 0 aliphatic carbocycles. The second-order valence-electron chi connectivity index (χ2n) is 6.31. The molecule has 1 aliphatic rings. The molecular formula is C21H17NO. The molecule has 0 N–H and O–H groups in total. The van der Waals surface area contributed by atoms with Gasteiger partial charge in [0.2, 0.25) is 0 Å². The Kier molecular flexibility index (Phi) is 2.57. The molecule has 1 aliphatic heterocycles. The van der Waals surface area contributed by atoms with Gasteiger partial charge in [-0.3, -0.25) is 0 Å². The Morgan fingerprint density at radius 2 is 1.74 bits per heavy atom. The highest BCUT2D eigenvalue weighted by Gasteiger charge is 2.21. The van der Waals surface area contributed by atoms with Crippen LogP contribution in [-0.2, 0) is 6.42 Å². The number of hydrogen-bond donors (Lipinski definition) is 0. The van der Waals surface area contributed by atoms with Crippen LogP contribution in [0.1, 0.15) is 11.1 Å². The average Bonchev–Trinajstić information content (AvgIpc) is 3.14. The number of fused-ring (bicyclic) bond motifs is 4. The minimum atomic E-state index is 0.956. The van der Waals surface area contributed by atoms with Crippen molar-refractivity contribution >= 4 is 33.3 Å². The molecule has 2 heteroatoms. The van der Waals surface area contributed by atoms with Crippen molar-refractivity contribution in [2.24, 2.45) is 0 Å². The summed E-state index contributed by atoms with van der Waals surface area (Å²) in [7, 11) is 0. The molecule has 112 valence electrons. The van der Waals surface area contributed by atoms with Crippen molar-refractivity contribution in [3.05, 3.63) is 71.8 Å². The van der Waals surface area contributed by atoms with Gasteiger partial charge in [0, 0.05) is 28.7 Å². The lowest BCUT2D eigenvalue weighted by Gasteiger charge is -2.19. The molecule has 5 rings (SSSR count). The van der Waals surface area contributed by atoms with Crippen LogP contribution in [0.3, 0.4) is 0 Å². The van der Waals surface area contributed by atoms with Crippen LogP contribution in [0.2, 0.25) is 0 Å². The van der Waals surface area contributed by atoms with Gasteiger partial charge in [-0.25, -0.2) is 0 Å². The zero-order valence-corrected chi connectivity index (χ0v) is 13.0. The predicted molar refractivity (Wildman–Crippen MR) is 95.6 cm³/mol. The van der Waals surface area contributed by atoms with Crippen LogP contribution >= 0.6 is 0 Å². The van der Waals surface area contributed by atoms with Crippen LogP contribution < -0.4 is 4.90 Å². The van der Waals surface area contributed by atoms with Gasteiger partial charge in [0.05, 0.1) is 0 Å². The molecule has 2 nitrogen and oxygen atoms in total. The van der Waals surface area contributed by atoms with E-state index in [1.165, 1.54) is 33.3 Å². The van der Waals surface area contributed by atoms with E-state index < -0.39 is 0 Å². The van der Waals surface area contributed by atoms with E-state index in [4.69, 9.17) is 4.42 Å². The molecule has 0 radical (unpaired) electrons. The van der Waals surface area contributed by atoms with Crippen molar-refractivity contribution in [1.29, 1.82) is 0 Å². The van der Waals surface area contributed by atoms with E-state index in [9.17, 15) is 0 Å². The largest absolute Gasteiger partial charge is 0.456 e. The number of hydrogen-bond acceptors (Lipinski definition) is 2. The second-order valence-corrected chi connectivity index (χ2v) is 6.31. The minimum Gasteiger partial charge on any atom is -0.456 e. The third-order valence-electron chi connectivity index (χ3n) is 4.80. The van der Waals surface area contributed by atoms with Crippen molar-refractivity contribution < 1.29 is 4.42 Å². The third kappa shape index (κ3) is 1.88. The molecule has 2 heterocycles. The fourth-order valence-electron chi connectivity index (χ4n) is 3.68. The number of para-hydroxylation sites is 1. The summed E-state index contributed by atoms with van der Waals surface area (Å²) in [6, 6.07) is 21.5. The van der Waals surface area contributed by atoms with Gasteiger partial charge in [0.1, 0.15) is 11.2 Å². The number of anilines is 2. The van der Waals surface area contributed by atoms with Crippen molar-refractivity contribution in [2.75, 3.05) is 11.4 Å². The number of furan rings is 1. The predicted octanol–water partition coefficient (Wildman–Crippen LogP) is 5.59. The first kappa shape index (κ1) is 12.8. The fourth-order valence-corrected chi connectivity index (χ4v) is 3.68. The maximum atomic E-state index is 5.94. The first-order valence-corrected chi connectivity index (χ1v) is 8.08. The number of rotatable bonds is 1. The van der Waals surface area contributed by atoms with Crippen LogP contribution in [-0.4, -0.2) is 6.54 Å². The van der Waals surface area contributed by atoms with Gasteiger partial charge in [-0.05, 0) is 49.2 Å². The summed E-state index contributed by atoms with van der Waals surface area (Å²) in [6.07, 6.45) is 1.11. The summed E-state index contributed by atoms with van der Waals surface area (Å²) in [4.78, 5) is 2.41. The first-order valence-electron chi connectivity index (χ1n) is 8.08. The lowest BCUT2D eigenvalue weighted by Crippen LogP contribution is -2.12. The molecular weight excluding hydrogens is 282 g/mol. The Hall–Kier alpha value is -2.74. The highest BCUT2D eigenvalue weighted by Crippen LogP contribution is 2.38. The van der Waals surface area contributed by atoms with Gasteiger partial charge < -0.3 is 9.32 Å². The number of aryl methyl sites for hydroxylation is 1. The van der Waals surface area contributed by atoms with Crippen LogP contribution in [0.25, 0.3) is 21.9 Å². The summed E-state index contributed by atoms with van der Waals surface area (Å²) in [5.41, 5.74) is 7.27. The molecule has 1 aromatic heterocycles. The fraction of sp³-hybridized carbons (Fsp3) is 0.143. The van der Waals surface area contributed by atoms with Crippen molar-refractivity contribution in [3.8, 4) is 0 Å². The smallest absolute Gasteiger partial charge is 0.135 e. The molecule has 0 bridgehead atoms. The van der Waals surface area contributed by atoms with Crippen molar-refractivity contribution in [2.45, 2.75) is 13.3 Å². The molecule has 0 atom stereocenters. The normalized spacial score (nSPS) is 13.9. The Morgan fingerprint density at radius 3 is 2.70 bits per heavy atom. The summed E-state index contributed by atoms with van der Waals surface area (Å²) in [6.45, 7) is 3.20. The highest BCUT2D eigenvalue weighted by atomic mass is 16.3. The second kappa shape index (κ2) is 4.63. The van der Waals surface area contributed by atoms with E-state index >= 15 is 0 Å². The van der Waals surface area contributed by atoms with E-state index in [1.807, 2.05) is 12.1 Å². The maximum absolute atomic E-state index is 5.94. The Balaban J connectivity index is 1.68. The highest BCUT2D eigenvalue weighted by molar-refractivity contribution is 6.06. The number of benzene rings is 3. The monoisotopic (exact) mass is 299 g/mol. The lowest BCUT2D eigenvalue weighted by atomic mass is 10.1. The molecule has 23 heavy (non-hydrogen) atoms. The molecule has 0 unspecified atom stereocenters. The van der Waals surface area contributed by atoms with Crippen LogP contribution in [0.4, 0.5) is 11.4 Å². The van der Waals surface area contributed by atoms with Gasteiger partial charge >= 0.3 is 0 Å². The van der Waals surface area contributed by atoms with Crippen LogP contribution in [0.5, 0.6) is 0 Å². The van der Waals surface area contributed by atoms with Gasteiger partial charge in [-0.15, -0.1) is 0 Å². The molecule has 0 saturated carbocycles. The number of nitrogens with zero attached hydrogens (tertiary/aromatic N) is 1. The lowest BCUT2D eigenvalue weighted by molar-refractivity contribution is 0.669. The van der Waals surface area contributed by atoms with E-state index in [0.717, 1.165) is 24.1 Å².